The lowest BCUT2D eigenvalue weighted by molar-refractivity contribution is 1.35. The molecule has 0 radical (unpaired) electrons. The number of hydrogen-bond acceptors (Lipinski definition) is 2. The molecule has 0 aliphatic rings. The fourth-order valence-electron chi connectivity index (χ4n) is 6.84. The molecule has 3 heterocycles. The standard InChI is InChI=1S/C42H27N3/c1-3-12-27(13-4-1)38-26-35(34-22-21-29-16-11-25-43-41(29)42(34)45-38)36-23-24-37(44-36)40-32-19-9-7-17-30(32)39(28-14-5-2-6-15-28)31-18-8-10-20-33(31)40/h1-26,44H. The van der Waals surface area contributed by atoms with Crippen molar-refractivity contribution >= 4 is 43.4 Å². The highest BCUT2D eigenvalue weighted by Gasteiger charge is 2.19. The number of fused-ring (bicyclic) bond motifs is 5. The van der Waals surface area contributed by atoms with E-state index in [1.165, 1.54) is 38.2 Å². The maximum Gasteiger partial charge on any atom is 0.0978 e. The number of pyridine rings is 2. The van der Waals surface area contributed by atoms with Crippen LogP contribution in [0.25, 0.3) is 88.2 Å². The van der Waals surface area contributed by atoms with Crippen molar-refractivity contribution < 1.29 is 0 Å². The number of nitrogens with one attached hydrogen (secondary N) is 1. The van der Waals surface area contributed by atoms with Gasteiger partial charge in [0.15, 0.2) is 0 Å². The molecule has 210 valence electrons. The van der Waals surface area contributed by atoms with Crippen molar-refractivity contribution in [2.45, 2.75) is 0 Å². The van der Waals surface area contributed by atoms with Crippen LogP contribution in [0.1, 0.15) is 0 Å². The number of hydrogen-bond donors (Lipinski definition) is 1. The molecule has 0 saturated heterocycles. The lowest BCUT2D eigenvalue weighted by Gasteiger charge is -2.17. The van der Waals surface area contributed by atoms with Crippen LogP contribution in [0.5, 0.6) is 0 Å². The fourth-order valence-corrected chi connectivity index (χ4v) is 6.84. The van der Waals surface area contributed by atoms with Gasteiger partial charge in [0.1, 0.15) is 0 Å². The largest absolute Gasteiger partial charge is 0.354 e. The van der Waals surface area contributed by atoms with Gasteiger partial charge in [0.25, 0.3) is 0 Å². The van der Waals surface area contributed by atoms with Crippen LogP contribution in [0, 0.1) is 0 Å². The van der Waals surface area contributed by atoms with Crippen molar-refractivity contribution in [2.24, 2.45) is 0 Å². The molecule has 3 aromatic heterocycles. The maximum atomic E-state index is 5.17. The van der Waals surface area contributed by atoms with E-state index in [0.717, 1.165) is 50.0 Å². The van der Waals surface area contributed by atoms with Crippen LogP contribution < -0.4 is 0 Å². The van der Waals surface area contributed by atoms with Crippen molar-refractivity contribution in [1.29, 1.82) is 0 Å². The minimum atomic E-state index is 0.906. The third kappa shape index (κ3) is 4.13. The molecule has 0 atom stereocenters. The minimum Gasteiger partial charge on any atom is -0.354 e. The summed E-state index contributed by atoms with van der Waals surface area (Å²) in [4.78, 5) is 13.8. The summed E-state index contributed by atoms with van der Waals surface area (Å²) in [7, 11) is 0. The molecule has 3 heteroatoms. The zero-order valence-electron chi connectivity index (χ0n) is 24.4. The first-order chi connectivity index (χ1) is 22.3. The zero-order chi connectivity index (χ0) is 29.7. The zero-order valence-corrected chi connectivity index (χ0v) is 24.4. The highest BCUT2D eigenvalue weighted by Crippen LogP contribution is 2.44. The molecule has 0 spiro atoms. The second-order valence-corrected chi connectivity index (χ2v) is 11.5. The van der Waals surface area contributed by atoms with Gasteiger partial charge in [-0.05, 0) is 56.9 Å². The summed E-state index contributed by atoms with van der Waals surface area (Å²) in [6.45, 7) is 0. The Morgan fingerprint density at radius 1 is 0.422 bits per heavy atom. The fraction of sp³-hybridized carbons (Fsp3) is 0. The monoisotopic (exact) mass is 573 g/mol. The molecule has 0 unspecified atom stereocenters. The van der Waals surface area contributed by atoms with E-state index in [1.807, 2.05) is 18.3 Å². The van der Waals surface area contributed by atoms with Crippen LogP contribution in [0.15, 0.2) is 158 Å². The third-order valence-electron chi connectivity index (χ3n) is 8.86. The van der Waals surface area contributed by atoms with E-state index in [0.29, 0.717) is 0 Å². The predicted octanol–water partition coefficient (Wildman–Crippen LogP) is 11.1. The summed E-state index contributed by atoms with van der Waals surface area (Å²) in [5.74, 6) is 0. The number of H-pyrrole nitrogens is 1. The average Bonchev–Trinajstić information content (AvgIpc) is 3.60. The molecule has 0 aliphatic carbocycles. The lowest BCUT2D eigenvalue weighted by atomic mass is 9.87. The Labute approximate surface area is 260 Å². The topological polar surface area (TPSA) is 41.6 Å². The maximum absolute atomic E-state index is 5.17. The second-order valence-electron chi connectivity index (χ2n) is 11.5. The molecule has 0 amide bonds. The van der Waals surface area contributed by atoms with E-state index in [9.17, 15) is 0 Å². The van der Waals surface area contributed by atoms with Crippen LogP contribution in [-0.2, 0) is 0 Å². The van der Waals surface area contributed by atoms with E-state index >= 15 is 0 Å². The van der Waals surface area contributed by atoms with Gasteiger partial charge < -0.3 is 4.98 Å². The number of benzene rings is 6. The molecule has 0 bridgehead atoms. The van der Waals surface area contributed by atoms with Gasteiger partial charge in [-0.3, -0.25) is 4.98 Å². The summed E-state index contributed by atoms with van der Waals surface area (Å²) in [6.07, 6.45) is 1.85. The van der Waals surface area contributed by atoms with Gasteiger partial charge in [-0.2, -0.15) is 0 Å². The highest BCUT2D eigenvalue weighted by molar-refractivity contribution is 6.21. The average molecular weight is 574 g/mol. The Bertz CT molecular complexity index is 2470. The summed E-state index contributed by atoms with van der Waals surface area (Å²) in [5, 5.41) is 7.09. The van der Waals surface area contributed by atoms with E-state index in [4.69, 9.17) is 9.97 Å². The van der Waals surface area contributed by atoms with E-state index in [2.05, 4.69) is 145 Å². The van der Waals surface area contributed by atoms with Gasteiger partial charge in [0, 0.05) is 45.0 Å². The Morgan fingerprint density at radius 3 is 1.71 bits per heavy atom. The van der Waals surface area contributed by atoms with Gasteiger partial charge in [-0.15, -0.1) is 0 Å². The molecule has 9 rings (SSSR count). The molecule has 9 aromatic rings. The number of aromatic nitrogens is 3. The predicted molar refractivity (Wildman–Crippen MR) is 188 cm³/mol. The second kappa shape index (κ2) is 10.3. The normalized spacial score (nSPS) is 11.6. The van der Waals surface area contributed by atoms with E-state index in [-0.39, 0.29) is 0 Å². The summed E-state index contributed by atoms with van der Waals surface area (Å²) in [6, 6.07) is 53.7. The number of aromatic amines is 1. The Morgan fingerprint density at radius 2 is 1.02 bits per heavy atom. The third-order valence-corrected chi connectivity index (χ3v) is 8.86. The molecule has 45 heavy (non-hydrogen) atoms. The number of nitrogens with zero attached hydrogens (tertiary/aromatic N) is 2. The van der Waals surface area contributed by atoms with E-state index in [1.54, 1.807) is 0 Å². The molecular formula is C42H27N3. The quantitative estimate of drug-likeness (QED) is 0.168. The van der Waals surface area contributed by atoms with Crippen LogP contribution in [-0.4, -0.2) is 15.0 Å². The number of rotatable bonds is 4. The Kier molecular flexibility index (Phi) is 5.82. The van der Waals surface area contributed by atoms with Gasteiger partial charge >= 0.3 is 0 Å². The Hall–Kier alpha value is -6.06. The smallest absolute Gasteiger partial charge is 0.0978 e. The molecule has 3 nitrogen and oxygen atoms in total. The first-order valence-corrected chi connectivity index (χ1v) is 15.3. The molecule has 1 N–H and O–H groups in total. The lowest BCUT2D eigenvalue weighted by Crippen LogP contribution is -1.93. The van der Waals surface area contributed by atoms with Crippen molar-refractivity contribution in [2.75, 3.05) is 0 Å². The highest BCUT2D eigenvalue weighted by atomic mass is 14.8. The molecule has 0 saturated carbocycles. The molecular weight excluding hydrogens is 546 g/mol. The first kappa shape index (κ1) is 25.4. The Balaban J connectivity index is 1.31. The van der Waals surface area contributed by atoms with Crippen molar-refractivity contribution in [3.05, 3.63) is 158 Å². The van der Waals surface area contributed by atoms with Gasteiger partial charge in [-0.25, -0.2) is 4.98 Å². The summed E-state index contributed by atoms with van der Waals surface area (Å²) >= 11 is 0. The van der Waals surface area contributed by atoms with Crippen LogP contribution >= 0.6 is 0 Å². The van der Waals surface area contributed by atoms with Crippen molar-refractivity contribution in [3.63, 3.8) is 0 Å². The van der Waals surface area contributed by atoms with Crippen LogP contribution in [0.3, 0.4) is 0 Å². The van der Waals surface area contributed by atoms with Crippen LogP contribution in [0.4, 0.5) is 0 Å². The van der Waals surface area contributed by atoms with Gasteiger partial charge in [0.2, 0.25) is 0 Å². The molecule has 6 aromatic carbocycles. The van der Waals surface area contributed by atoms with Crippen molar-refractivity contribution in [3.8, 4) is 44.9 Å². The molecule has 0 aliphatic heterocycles. The van der Waals surface area contributed by atoms with Gasteiger partial charge in [0.05, 0.1) is 16.7 Å². The van der Waals surface area contributed by atoms with Crippen molar-refractivity contribution in [1.82, 2.24) is 15.0 Å². The summed E-state index contributed by atoms with van der Waals surface area (Å²) < 4.78 is 0. The van der Waals surface area contributed by atoms with E-state index < -0.39 is 0 Å². The SMILES string of the molecule is c1ccc(-c2cc(-c3ccc(-c4c5ccccc5c(-c5ccccc5)c5ccccc45)[nH]3)c3ccc4cccnc4c3n2)cc1. The van der Waals surface area contributed by atoms with Crippen LogP contribution in [0.2, 0.25) is 0 Å². The summed E-state index contributed by atoms with van der Waals surface area (Å²) in [5.41, 5.74) is 10.8. The van der Waals surface area contributed by atoms with Gasteiger partial charge in [-0.1, -0.05) is 127 Å². The molecule has 0 fully saturated rings. The first-order valence-electron chi connectivity index (χ1n) is 15.3. The minimum absolute atomic E-state index is 0.906.